The van der Waals surface area contributed by atoms with Gasteiger partial charge in [0.2, 0.25) is 0 Å². The minimum atomic E-state index is -0.222. The van der Waals surface area contributed by atoms with Gasteiger partial charge in [-0.2, -0.15) is 0 Å². The van der Waals surface area contributed by atoms with Crippen molar-refractivity contribution in [3.63, 3.8) is 0 Å². The van der Waals surface area contributed by atoms with Gasteiger partial charge in [-0.3, -0.25) is 0 Å². The number of aliphatic hydroxyl groups is 1. The molecule has 1 unspecified atom stereocenters. The van der Waals surface area contributed by atoms with Crippen LogP contribution < -0.4 is 4.90 Å². The normalized spacial score (nSPS) is 12.6. The van der Waals surface area contributed by atoms with E-state index in [1.807, 2.05) is 6.92 Å². The Morgan fingerprint density at radius 3 is 2.44 bits per heavy atom. The van der Waals surface area contributed by atoms with Gasteiger partial charge in [-0.15, -0.1) is 0 Å². The van der Waals surface area contributed by atoms with E-state index in [2.05, 4.69) is 43.9 Å². The smallest absolute Gasteiger partial charge is 0.0528 e. The highest BCUT2D eigenvalue weighted by Crippen LogP contribution is 2.19. The lowest BCUT2D eigenvalue weighted by Gasteiger charge is -2.24. The van der Waals surface area contributed by atoms with Gasteiger partial charge in [0.25, 0.3) is 0 Å². The Labute approximate surface area is 98.9 Å². The fraction of sp³-hybridized carbons (Fsp3) is 0.571. The van der Waals surface area contributed by atoms with E-state index in [0.717, 1.165) is 19.5 Å². The molecule has 0 spiro atoms. The lowest BCUT2D eigenvalue weighted by Crippen LogP contribution is -2.26. The van der Waals surface area contributed by atoms with Crippen molar-refractivity contribution in [1.29, 1.82) is 0 Å². The summed E-state index contributed by atoms with van der Waals surface area (Å²) < 4.78 is 0. The summed E-state index contributed by atoms with van der Waals surface area (Å²) in [5, 5.41) is 9.32. The molecule has 2 heteroatoms. The maximum atomic E-state index is 9.32. The van der Waals surface area contributed by atoms with Crippen LogP contribution in [0.3, 0.4) is 0 Å². The lowest BCUT2D eigenvalue weighted by molar-refractivity contribution is 0.186. The van der Waals surface area contributed by atoms with Crippen LogP contribution in [0.5, 0.6) is 0 Å². The van der Waals surface area contributed by atoms with Gasteiger partial charge in [0.1, 0.15) is 0 Å². The third-order valence-electron chi connectivity index (χ3n) is 3.05. The Morgan fingerprint density at radius 1 is 1.25 bits per heavy atom. The quantitative estimate of drug-likeness (QED) is 0.826. The fourth-order valence-corrected chi connectivity index (χ4v) is 1.73. The molecule has 0 aliphatic heterocycles. The average Bonchev–Trinajstić information content (AvgIpc) is 2.23. The van der Waals surface area contributed by atoms with Crippen LogP contribution >= 0.6 is 0 Å². The number of rotatable bonds is 5. The fourth-order valence-electron chi connectivity index (χ4n) is 1.73. The molecule has 0 fully saturated rings. The second-order valence-corrected chi connectivity index (χ2v) is 4.49. The predicted octanol–water partition coefficient (Wildman–Crippen LogP) is 2.90. The SMILES string of the molecule is CCN(CCC(C)O)c1ccc(C)c(C)c1. The first-order valence-corrected chi connectivity index (χ1v) is 6.05. The predicted molar refractivity (Wildman–Crippen MR) is 70.1 cm³/mol. The molecule has 0 saturated carbocycles. The molecule has 0 aliphatic carbocycles. The third kappa shape index (κ3) is 3.53. The molecule has 0 saturated heterocycles. The number of nitrogens with zero attached hydrogens (tertiary/aromatic N) is 1. The molecule has 1 aromatic rings. The average molecular weight is 221 g/mol. The number of hydrogen-bond donors (Lipinski definition) is 1. The molecule has 0 bridgehead atoms. The highest BCUT2D eigenvalue weighted by atomic mass is 16.3. The second kappa shape index (κ2) is 5.90. The first-order chi connectivity index (χ1) is 7.54. The molecule has 1 atom stereocenters. The van der Waals surface area contributed by atoms with Crippen molar-refractivity contribution in [2.24, 2.45) is 0 Å². The van der Waals surface area contributed by atoms with Crippen LogP contribution in [0.1, 0.15) is 31.4 Å². The van der Waals surface area contributed by atoms with E-state index >= 15 is 0 Å². The standard InChI is InChI=1S/C14H23NO/c1-5-15(9-8-13(4)16)14-7-6-11(2)12(3)10-14/h6-7,10,13,16H,5,8-9H2,1-4H3. The topological polar surface area (TPSA) is 23.5 Å². The number of anilines is 1. The Bertz CT molecular complexity index is 334. The Kier molecular flexibility index (Phi) is 4.81. The first kappa shape index (κ1) is 13.0. The van der Waals surface area contributed by atoms with Gasteiger partial charge >= 0.3 is 0 Å². The van der Waals surface area contributed by atoms with Gasteiger partial charge in [-0.05, 0) is 57.4 Å². The number of aliphatic hydroxyl groups excluding tert-OH is 1. The summed E-state index contributed by atoms with van der Waals surface area (Å²) in [6, 6.07) is 6.55. The molecule has 1 aromatic carbocycles. The molecule has 0 aliphatic rings. The Morgan fingerprint density at radius 2 is 1.94 bits per heavy atom. The van der Waals surface area contributed by atoms with Crippen molar-refractivity contribution < 1.29 is 5.11 Å². The van der Waals surface area contributed by atoms with E-state index in [4.69, 9.17) is 0 Å². The van der Waals surface area contributed by atoms with Crippen LogP contribution in [0, 0.1) is 13.8 Å². The molecule has 0 aromatic heterocycles. The third-order valence-corrected chi connectivity index (χ3v) is 3.05. The van der Waals surface area contributed by atoms with Crippen LogP contribution in [-0.2, 0) is 0 Å². The molecule has 1 N–H and O–H groups in total. The molecule has 0 radical (unpaired) electrons. The summed E-state index contributed by atoms with van der Waals surface area (Å²) in [6.45, 7) is 10.2. The monoisotopic (exact) mass is 221 g/mol. The van der Waals surface area contributed by atoms with E-state index in [1.165, 1.54) is 16.8 Å². The zero-order valence-electron chi connectivity index (χ0n) is 10.8. The van der Waals surface area contributed by atoms with Gasteiger partial charge in [-0.25, -0.2) is 0 Å². The van der Waals surface area contributed by atoms with Crippen molar-refractivity contribution in [2.45, 2.75) is 40.2 Å². The molecule has 1 rings (SSSR count). The zero-order chi connectivity index (χ0) is 12.1. The van der Waals surface area contributed by atoms with Crippen LogP contribution in [-0.4, -0.2) is 24.3 Å². The minimum Gasteiger partial charge on any atom is -0.393 e. The van der Waals surface area contributed by atoms with Crippen LogP contribution in [0.15, 0.2) is 18.2 Å². The van der Waals surface area contributed by atoms with Crippen molar-refractivity contribution in [2.75, 3.05) is 18.0 Å². The molecule has 16 heavy (non-hydrogen) atoms. The number of aryl methyl sites for hydroxylation is 2. The van der Waals surface area contributed by atoms with Crippen molar-refractivity contribution in [3.05, 3.63) is 29.3 Å². The van der Waals surface area contributed by atoms with Crippen molar-refractivity contribution >= 4 is 5.69 Å². The molecular formula is C14H23NO. The maximum absolute atomic E-state index is 9.32. The van der Waals surface area contributed by atoms with Crippen LogP contribution in [0.4, 0.5) is 5.69 Å². The van der Waals surface area contributed by atoms with Gasteiger partial charge < -0.3 is 10.0 Å². The second-order valence-electron chi connectivity index (χ2n) is 4.49. The minimum absolute atomic E-state index is 0.222. The highest BCUT2D eigenvalue weighted by Gasteiger charge is 2.06. The summed E-state index contributed by atoms with van der Waals surface area (Å²) in [5.41, 5.74) is 3.91. The van der Waals surface area contributed by atoms with Crippen LogP contribution in [0.2, 0.25) is 0 Å². The summed E-state index contributed by atoms with van der Waals surface area (Å²) in [6.07, 6.45) is 0.599. The Balaban J connectivity index is 2.74. The van der Waals surface area contributed by atoms with Gasteiger partial charge in [0, 0.05) is 18.8 Å². The van der Waals surface area contributed by atoms with Crippen molar-refractivity contribution in [1.82, 2.24) is 0 Å². The van der Waals surface area contributed by atoms with E-state index in [0.29, 0.717) is 0 Å². The van der Waals surface area contributed by atoms with E-state index < -0.39 is 0 Å². The highest BCUT2D eigenvalue weighted by molar-refractivity contribution is 5.50. The molecule has 0 heterocycles. The molecular weight excluding hydrogens is 198 g/mol. The first-order valence-electron chi connectivity index (χ1n) is 6.05. The largest absolute Gasteiger partial charge is 0.393 e. The summed E-state index contributed by atoms with van der Waals surface area (Å²) in [5.74, 6) is 0. The van der Waals surface area contributed by atoms with Gasteiger partial charge in [0.15, 0.2) is 0 Å². The summed E-state index contributed by atoms with van der Waals surface area (Å²) >= 11 is 0. The van der Waals surface area contributed by atoms with E-state index in [9.17, 15) is 5.11 Å². The lowest BCUT2D eigenvalue weighted by atomic mass is 10.1. The Hall–Kier alpha value is -1.02. The van der Waals surface area contributed by atoms with Gasteiger partial charge in [-0.1, -0.05) is 6.07 Å². The number of benzene rings is 1. The molecule has 2 nitrogen and oxygen atoms in total. The summed E-state index contributed by atoms with van der Waals surface area (Å²) in [4.78, 5) is 2.30. The zero-order valence-corrected chi connectivity index (χ0v) is 10.8. The molecule has 0 amide bonds. The van der Waals surface area contributed by atoms with Crippen molar-refractivity contribution in [3.8, 4) is 0 Å². The van der Waals surface area contributed by atoms with Gasteiger partial charge in [0.05, 0.1) is 6.10 Å². The van der Waals surface area contributed by atoms with E-state index in [1.54, 1.807) is 0 Å². The molecule has 90 valence electrons. The van der Waals surface area contributed by atoms with Crippen LogP contribution in [0.25, 0.3) is 0 Å². The van der Waals surface area contributed by atoms with E-state index in [-0.39, 0.29) is 6.10 Å². The number of hydrogen-bond acceptors (Lipinski definition) is 2. The maximum Gasteiger partial charge on any atom is 0.0528 e. The summed E-state index contributed by atoms with van der Waals surface area (Å²) in [7, 11) is 0.